The molecule has 1 heterocycles. The Morgan fingerprint density at radius 1 is 1.08 bits per heavy atom. The average molecular weight is 348 g/mol. The van der Waals surface area contributed by atoms with Gasteiger partial charge in [-0.3, -0.25) is 0 Å². The number of hydrogen-bond acceptors (Lipinski definition) is 1. The molecule has 1 N–H and O–H groups in total. The summed E-state index contributed by atoms with van der Waals surface area (Å²) in [6.07, 6.45) is 8.05. The van der Waals surface area contributed by atoms with E-state index in [2.05, 4.69) is 82.4 Å². The molecule has 0 spiro atoms. The maximum absolute atomic E-state index is 3.84. The molecule has 0 atom stereocenters. The van der Waals surface area contributed by atoms with E-state index >= 15 is 0 Å². The Morgan fingerprint density at radius 2 is 1.85 bits per heavy atom. The molecule has 0 aromatic heterocycles. The second kappa shape index (κ2) is 7.70. The van der Waals surface area contributed by atoms with Gasteiger partial charge in [-0.2, -0.15) is 0 Å². The van der Waals surface area contributed by atoms with E-state index in [9.17, 15) is 0 Å². The molecule has 0 saturated heterocycles. The lowest BCUT2D eigenvalue weighted by Crippen LogP contribution is -2.32. The van der Waals surface area contributed by atoms with Crippen LogP contribution in [0.5, 0.6) is 0 Å². The van der Waals surface area contributed by atoms with E-state index in [4.69, 9.17) is 0 Å². The van der Waals surface area contributed by atoms with Gasteiger partial charge in [0.05, 0.1) is 0 Å². The Bertz CT molecular complexity index is 811. The number of fused-ring (bicyclic) bond motifs is 2. The first-order valence-corrected chi connectivity index (χ1v) is 10.1. The third-order valence-corrected chi connectivity index (χ3v) is 5.54. The standard InChI is InChI=1S/C25H33N/c1-6-9-20-12-13-21-17-18(2)16-19(3)22(21)14-15-25(4,5)26-24-11-8-7-10-23(20)24/h7-8,10-12,16-17,26H,6,9,13-15H2,1-5H3/b20-12-. The zero-order valence-corrected chi connectivity index (χ0v) is 17.1. The molecule has 0 saturated carbocycles. The zero-order chi connectivity index (χ0) is 18.7. The van der Waals surface area contributed by atoms with Crippen LogP contribution in [-0.4, -0.2) is 5.54 Å². The lowest BCUT2D eigenvalue weighted by Gasteiger charge is -2.29. The number of allylic oxidation sites excluding steroid dienone is 2. The fraction of sp³-hybridized carbons (Fsp3) is 0.440. The van der Waals surface area contributed by atoms with Crippen LogP contribution in [0, 0.1) is 13.8 Å². The van der Waals surface area contributed by atoms with Crippen LogP contribution in [0.25, 0.3) is 5.57 Å². The maximum Gasteiger partial charge on any atom is 0.0420 e. The highest BCUT2D eigenvalue weighted by molar-refractivity contribution is 5.77. The normalized spacial score (nSPS) is 18.6. The highest BCUT2D eigenvalue weighted by Crippen LogP contribution is 2.33. The molecule has 2 aromatic carbocycles. The summed E-state index contributed by atoms with van der Waals surface area (Å²) >= 11 is 0. The lowest BCUT2D eigenvalue weighted by atomic mass is 9.89. The first-order valence-electron chi connectivity index (χ1n) is 10.1. The van der Waals surface area contributed by atoms with E-state index in [0.717, 1.165) is 25.7 Å². The largest absolute Gasteiger partial charge is 0.380 e. The second-order valence-corrected chi connectivity index (χ2v) is 8.46. The predicted octanol–water partition coefficient (Wildman–Crippen LogP) is 6.87. The Hall–Kier alpha value is -2.02. The number of nitrogens with one attached hydrogen (secondary N) is 1. The number of benzene rings is 2. The van der Waals surface area contributed by atoms with Crippen LogP contribution in [0.4, 0.5) is 5.69 Å². The van der Waals surface area contributed by atoms with Crippen LogP contribution >= 0.6 is 0 Å². The van der Waals surface area contributed by atoms with Gasteiger partial charge in [0.2, 0.25) is 0 Å². The highest BCUT2D eigenvalue weighted by Gasteiger charge is 2.21. The molecular formula is C25H33N. The van der Waals surface area contributed by atoms with Crippen LogP contribution < -0.4 is 5.32 Å². The van der Waals surface area contributed by atoms with Gasteiger partial charge in [0.25, 0.3) is 0 Å². The Kier molecular flexibility index (Phi) is 5.55. The van der Waals surface area contributed by atoms with Gasteiger partial charge in [0.1, 0.15) is 0 Å². The molecule has 0 unspecified atom stereocenters. The van der Waals surface area contributed by atoms with Crippen molar-refractivity contribution >= 4 is 11.3 Å². The van der Waals surface area contributed by atoms with Gasteiger partial charge >= 0.3 is 0 Å². The zero-order valence-electron chi connectivity index (χ0n) is 17.1. The van der Waals surface area contributed by atoms with E-state index in [0.29, 0.717) is 0 Å². The summed E-state index contributed by atoms with van der Waals surface area (Å²) in [5, 5.41) is 3.84. The SMILES string of the molecule is CCC/C1=C/Cc2cc(C)cc(C)c2CCC(C)(C)Nc2ccccc21. The van der Waals surface area contributed by atoms with Gasteiger partial charge in [-0.05, 0) is 81.7 Å². The quantitative estimate of drug-likeness (QED) is 0.625. The molecule has 0 radical (unpaired) electrons. The molecule has 0 amide bonds. The molecule has 2 aromatic rings. The van der Waals surface area contributed by atoms with Crippen molar-refractivity contribution in [1.82, 2.24) is 0 Å². The summed E-state index contributed by atoms with van der Waals surface area (Å²) in [5.74, 6) is 0. The van der Waals surface area contributed by atoms with Gasteiger partial charge in [-0.1, -0.05) is 55.3 Å². The molecule has 0 bridgehead atoms. The molecule has 3 rings (SSSR count). The molecule has 1 aliphatic rings. The molecule has 1 heteroatoms. The number of aryl methyl sites for hydroxylation is 2. The van der Waals surface area contributed by atoms with E-state index < -0.39 is 0 Å². The summed E-state index contributed by atoms with van der Waals surface area (Å²) < 4.78 is 0. The third-order valence-electron chi connectivity index (χ3n) is 5.54. The summed E-state index contributed by atoms with van der Waals surface area (Å²) in [7, 11) is 0. The van der Waals surface area contributed by atoms with E-state index in [1.165, 1.54) is 39.9 Å². The summed E-state index contributed by atoms with van der Waals surface area (Å²) in [4.78, 5) is 0. The Labute approximate surface area is 159 Å². The molecule has 0 aliphatic carbocycles. The van der Waals surface area contributed by atoms with Gasteiger partial charge in [0.15, 0.2) is 0 Å². The minimum atomic E-state index is 0.0619. The summed E-state index contributed by atoms with van der Waals surface area (Å²) in [6.45, 7) is 11.4. The maximum atomic E-state index is 3.84. The van der Waals surface area contributed by atoms with Crippen molar-refractivity contribution < 1.29 is 0 Å². The Balaban J connectivity index is 2.14. The van der Waals surface area contributed by atoms with Crippen molar-refractivity contribution in [3.63, 3.8) is 0 Å². The van der Waals surface area contributed by atoms with Gasteiger partial charge in [-0.25, -0.2) is 0 Å². The van der Waals surface area contributed by atoms with E-state index in [1.54, 1.807) is 5.56 Å². The number of rotatable bonds is 2. The van der Waals surface area contributed by atoms with E-state index in [1.807, 2.05) is 0 Å². The third kappa shape index (κ3) is 4.20. The van der Waals surface area contributed by atoms with Crippen molar-refractivity contribution in [2.45, 2.75) is 72.3 Å². The Morgan fingerprint density at radius 3 is 2.62 bits per heavy atom. The fourth-order valence-corrected chi connectivity index (χ4v) is 4.21. The minimum absolute atomic E-state index is 0.0619. The fourth-order valence-electron chi connectivity index (χ4n) is 4.21. The monoisotopic (exact) mass is 347 g/mol. The van der Waals surface area contributed by atoms with Crippen LogP contribution in [0.2, 0.25) is 0 Å². The molecule has 138 valence electrons. The van der Waals surface area contributed by atoms with Crippen molar-refractivity contribution in [3.8, 4) is 0 Å². The van der Waals surface area contributed by atoms with Crippen LogP contribution in [-0.2, 0) is 12.8 Å². The smallest absolute Gasteiger partial charge is 0.0420 e. The average Bonchev–Trinajstić information content (AvgIpc) is 2.59. The van der Waals surface area contributed by atoms with E-state index in [-0.39, 0.29) is 5.54 Å². The molecule has 0 fully saturated rings. The van der Waals surface area contributed by atoms with Gasteiger partial charge in [0, 0.05) is 16.8 Å². The summed E-state index contributed by atoms with van der Waals surface area (Å²) in [5.41, 5.74) is 10.0. The van der Waals surface area contributed by atoms with Gasteiger partial charge < -0.3 is 5.32 Å². The van der Waals surface area contributed by atoms with Crippen molar-refractivity contribution in [3.05, 3.63) is 70.3 Å². The van der Waals surface area contributed by atoms with Crippen molar-refractivity contribution in [1.29, 1.82) is 0 Å². The lowest BCUT2D eigenvalue weighted by molar-refractivity contribution is 0.517. The highest BCUT2D eigenvalue weighted by atomic mass is 15.0. The summed E-state index contributed by atoms with van der Waals surface area (Å²) in [6, 6.07) is 13.6. The molecular weight excluding hydrogens is 314 g/mol. The van der Waals surface area contributed by atoms with Crippen LogP contribution in [0.15, 0.2) is 42.5 Å². The first-order chi connectivity index (χ1) is 12.4. The van der Waals surface area contributed by atoms with Crippen LogP contribution in [0.1, 0.15) is 67.9 Å². The number of hydrogen-bond donors (Lipinski definition) is 1. The number of anilines is 1. The predicted molar refractivity (Wildman–Crippen MR) is 115 cm³/mol. The number of para-hydroxylation sites is 1. The first kappa shape index (κ1) is 18.8. The molecule has 1 aliphatic heterocycles. The van der Waals surface area contributed by atoms with Crippen molar-refractivity contribution in [2.75, 3.05) is 5.32 Å². The topological polar surface area (TPSA) is 12.0 Å². The second-order valence-electron chi connectivity index (χ2n) is 8.46. The van der Waals surface area contributed by atoms with Crippen LogP contribution in [0.3, 0.4) is 0 Å². The van der Waals surface area contributed by atoms with Crippen molar-refractivity contribution in [2.24, 2.45) is 0 Å². The van der Waals surface area contributed by atoms with Gasteiger partial charge in [-0.15, -0.1) is 0 Å². The minimum Gasteiger partial charge on any atom is -0.380 e. The molecule has 26 heavy (non-hydrogen) atoms. The molecule has 1 nitrogen and oxygen atoms in total.